The Kier molecular flexibility index (Phi) is 32.1. The molecule has 0 bridgehead atoms. The maximum Gasteiger partial charge on any atom is 0.246 e. The summed E-state index contributed by atoms with van der Waals surface area (Å²) in [6, 6.07) is -6.35. The number of nitrogens with one attached hydrogen (secondary N) is 10. The minimum absolute atomic E-state index is 0.0102. The van der Waals surface area contributed by atoms with Crippen LogP contribution < -0.4 is 53.2 Å². The van der Waals surface area contributed by atoms with Crippen molar-refractivity contribution in [1.29, 1.82) is 0 Å². The second kappa shape index (κ2) is 35.5. The van der Waals surface area contributed by atoms with E-state index in [1.54, 1.807) is 33.9 Å². The Balaban J connectivity index is 3.42. The van der Waals surface area contributed by atoms with Crippen LogP contribution in [-0.2, 0) is 52.7 Å². The summed E-state index contributed by atoms with van der Waals surface area (Å²) in [7, 11) is 1.76. The summed E-state index contributed by atoms with van der Waals surface area (Å²) in [5.74, 6) is -7.32. The number of likely N-dealkylation sites (N-methyl/N-ethyl adjacent to an activating group) is 1. The molecule has 480 valence electrons. The van der Waals surface area contributed by atoms with Crippen LogP contribution >= 0.6 is 0 Å². The van der Waals surface area contributed by atoms with Gasteiger partial charge in [0, 0.05) is 44.9 Å². The fraction of sp³-hybridized carbons (Fsp3) is 0.787. The molecule has 10 atom stereocenters. The van der Waals surface area contributed by atoms with Gasteiger partial charge in [0.25, 0.3) is 0 Å². The summed E-state index contributed by atoms with van der Waals surface area (Å²) >= 11 is 0. The lowest BCUT2D eigenvalue weighted by atomic mass is 9.93. The van der Waals surface area contributed by atoms with Crippen molar-refractivity contribution in [2.75, 3.05) is 26.7 Å². The van der Waals surface area contributed by atoms with Crippen LogP contribution in [0.25, 0.3) is 0 Å². The molecule has 0 aromatic rings. The molecule has 1 saturated heterocycles. The van der Waals surface area contributed by atoms with E-state index in [2.05, 4.69) is 53.2 Å². The van der Waals surface area contributed by atoms with Gasteiger partial charge in [-0.1, -0.05) is 95.1 Å². The van der Waals surface area contributed by atoms with Crippen LogP contribution in [0, 0.1) is 35.5 Å². The Morgan fingerprint density at radius 2 is 1.17 bits per heavy atom. The van der Waals surface area contributed by atoms with Crippen LogP contribution in [-0.4, -0.2) is 161 Å². The SMILES string of the molecule is CCC(=O)CCCC(C)CC(NC(=O)C1CC(C)CN1C(=O)/C=C/[C@H](C)CC)C(=O)NC(C(=O)NC(C)(C)C(=O)NC(CC(C)C)C(=O)NC(CC(C)C)C(=O)NC(C)(C)C(=O)NC(C)(C)C(=O)NCCC(=O)NC(C)CNC)C(O)C(C)C. The van der Waals surface area contributed by atoms with Gasteiger partial charge in [0.15, 0.2) is 0 Å². The molecule has 10 amide bonds. The third-order valence-electron chi connectivity index (χ3n) is 15.0. The molecule has 0 aliphatic carbocycles. The zero-order valence-electron chi connectivity index (χ0n) is 54.2. The van der Waals surface area contributed by atoms with E-state index < -0.39 is 106 Å². The first-order valence-corrected chi connectivity index (χ1v) is 30.4. The molecule has 23 heteroatoms. The average Bonchev–Trinajstić information content (AvgIpc) is 4.01. The smallest absolute Gasteiger partial charge is 0.246 e. The number of rotatable bonds is 37. The number of carbonyl (C=O) groups is 11. The molecular formula is C61H109N11O12. The fourth-order valence-corrected chi connectivity index (χ4v) is 9.43. The van der Waals surface area contributed by atoms with E-state index in [0.717, 1.165) is 6.42 Å². The molecule has 1 fully saturated rings. The molecule has 1 aliphatic rings. The maximum absolute atomic E-state index is 14.5. The van der Waals surface area contributed by atoms with Gasteiger partial charge in [0.1, 0.15) is 52.6 Å². The Bertz CT molecular complexity index is 2270. The van der Waals surface area contributed by atoms with E-state index in [4.69, 9.17) is 0 Å². The van der Waals surface area contributed by atoms with Gasteiger partial charge < -0.3 is 63.2 Å². The van der Waals surface area contributed by atoms with Gasteiger partial charge in [0.2, 0.25) is 59.1 Å². The van der Waals surface area contributed by atoms with Crippen LogP contribution in [0.2, 0.25) is 0 Å². The second-order valence-corrected chi connectivity index (χ2v) is 26.2. The summed E-state index contributed by atoms with van der Waals surface area (Å²) in [5.41, 5.74) is -4.87. The number of likely N-dealkylation sites (tertiary alicyclic amines) is 1. The van der Waals surface area contributed by atoms with Gasteiger partial charge in [-0.2, -0.15) is 0 Å². The lowest BCUT2D eigenvalue weighted by Crippen LogP contribution is -2.66. The van der Waals surface area contributed by atoms with Crippen LogP contribution in [0.4, 0.5) is 0 Å². The Morgan fingerprint density at radius 1 is 0.631 bits per heavy atom. The van der Waals surface area contributed by atoms with Crippen molar-refractivity contribution < 1.29 is 57.8 Å². The number of hydrogen-bond acceptors (Lipinski definition) is 13. The first-order chi connectivity index (χ1) is 38.8. The standard InChI is InChI=1S/C61H109N11O12/c1-20-38(9)25-26-48(75)72-34-40(11)32-46(72)54(80)66-45(31-39(10)23-22-24-42(73)21-2)52(78)68-49(50(76)37(7)8)55(81)70-60(15,16)57(83)67-43(29-35(3)4)51(77)65-44(30-36(5)6)53(79)69-61(17,18)58(84)71-59(13,14)56(82)63-28-27-47(74)64-41(12)33-62-19/h25-26,35-41,43-46,49-50,62,76H,20-24,27-34H2,1-19H3,(H,63,82)(H,64,74)(H,65,77)(H,66,80)(H,67,83)(H,68,78)(H,69,79)(H,70,81)(H,71,84)/b26-25+/t38-,39?,40?,41?,43?,44?,45?,46?,49?,50?/m1/s1. The normalized spacial score (nSPS) is 17.7. The van der Waals surface area contributed by atoms with Gasteiger partial charge in [-0.15, -0.1) is 0 Å². The van der Waals surface area contributed by atoms with Gasteiger partial charge >= 0.3 is 0 Å². The van der Waals surface area contributed by atoms with Crippen molar-refractivity contribution in [3.05, 3.63) is 12.2 Å². The number of carbonyl (C=O) groups excluding carboxylic acids is 11. The molecule has 0 aromatic carbocycles. The maximum atomic E-state index is 14.5. The number of aliphatic hydroxyl groups excluding tert-OH is 1. The molecule has 11 N–H and O–H groups in total. The Hall–Kier alpha value is -5.97. The molecule has 0 spiro atoms. The Labute approximate surface area is 501 Å². The minimum Gasteiger partial charge on any atom is -0.390 e. The van der Waals surface area contributed by atoms with Crippen molar-refractivity contribution in [3.8, 4) is 0 Å². The topological polar surface area (TPSA) is 332 Å². The molecule has 0 aromatic heterocycles. The number of ketones is 1. The quantitative estimate of drug-likeness (QED) is 0.0399. The molecular weight excluding hydrogens is 1080 g/mol. The minimum atomic E-state index is -1.79. The van der Waals surface area contributed by atoms with Crippen molar-refractivity contribution in [1.82, 2.24) is 58.1 Å². The van der Waals surface area contributed by atoms with E-state index >= 15 is 0 Å². The van der Waals surface area contributed by atoms with E-state index in [0.29, 0.717) is 45.2 Å². The summed E-state index contributed by atoms with van der Waals surface area (Å²) < 4.78 is 0. The Morgan fingerprint density at radius 3 is 1.71 bits per heavy atom. The zero-order valence-corrected chi connectivity index (χ0v) is 54.2. The van der Waals surface area contributed by atoms with Crippen molar-refractivity contribution >= 4 is 64.9 Å². The number of hydrogen-bond donors (Lipinski definition) is 11. The molecule has 23 nitrogen and oxygen atoms in total. The highest BCUT2D eigenvalue weighted by Crippen LogP contribution is 2.25. The highest BCUT2D eigenvalue weighted by atomic mass is 16.3. The molecule has 1 rings (SSSR count). The lowest BCUT2D eigenvalue weighted by Gasteiger charge is -2.34. The first-order valence-electron chi connectivity index (χ1n) is 30.4. The summed E-state index contributed by atoms with van der Waals surface area (Å²) in [6.45, 7) is 31.5. The molecule has 9 unspecified atom stereocenters. The summed E-state index contributed by atoms with van der Waals surface area (Å²) in [6.07, 6.45) is 5.10. The van der Waals surface area contributed by atoms with Crippen molar-refractivity contribution in [3.63, 3.8) is 0 Å². The molecule has 1 aliphatic heterocycles. The predicted molar refractivity (Wildman–Crippen MR) is 324 cm³/mol. The number of Topliss-reactive ketones (excluding diaryl/α,β-unsaturated/α-hetero) is 1. The van der Waals surface area contributed by atoms with E-state index in [-0.39, 0.29) is 85.5 Å². The van der Waals surface area contributed by atoms with Crippen LogP contribution in [0.15, 0.2) is 12.2 Å². The molecule has 84 heavy (non-hydrogen) atoms. The molecule has 0 radical (unpaired) electrons. The highest BCUT2D eigenvalue weighted by Gasteiger charge is 2.43. The van der Waals surface area contributed by atoms with Crippen LogP contribution in [0.5, 0.6) is 0 Å². The lowest BCUT2D eigenvalue weighted by molar-refractivity contribution is -0.140. The molecule has 1 heterocycles. The van der Waals surface area contributed by atoms with E-state index in [9.17, 15) is 57.8 Å². The van der Waals surface area contributed by atoms with Gasteiger partial charge in [-0.3, -0.25) is 52.7 Å². The predicted octanol–water partition coefficient (Wildman–Crippen LogP) is 2.96. The molecule has 0 saturated carbocycles. The number of amides is 10. The van der Waals surface area contributed by atoms with Gasteiger partial charge in [0.05, 0.1) is 6.10 Å². The second-order valence-electron chi connectivity index (χ2n) is 26.2. The van der Waals surface area contributed by atoms with Crippen molar-refractivity contribution in [2.45, 2.75) is 248 Å². The number of allylic oxidation sites excluding steroid dienone is 1. The van der Waals surface area contributed by atoms with Crippen LogP contribution in [0.1, 0.15) is 189 Å². The van der Waals surface area contributed by atoms with Crippen molar-refractivity contribution in [2.24, 2.45) is 35.5 Å². The monoisotopic (exact) mass is 1190 g/mol. The average molecular weight is 1190 g/mol. The fourth-order valence-electron chi connectivity index (χ4n) is 9.43. The van der Waals surface area contributed by atoms with Crippen LogP contribution in [0.3, 0.4) is 0 Å². The van der Waals surface area contributed by atoms with Gasteiger partial charge in [-0.25, -0.2) is 0 Å². The first kappa shape index (κ1) is 76.0. The third-order valence-corrected chi connectivity index (χ3v) is 15.0. The van der Waals surface area contributed by atoms with E-state index in [1.165, 1.54) is 52.5 Å². The van der Waals surface area contributed by atoms with E-state index in [1.807, 2.05) is 62.3 Å². The zero-order chi connectivity index (χ0) is 64.6. The third kappa shape index (κ3) is 26.5. The number of nitrogens with zero attached hydrogens (tertiary/aromatic N) is 1. The summed E-state index contributed by atoms with van der Waals surface area (Å²) in [5, 5.41) is 39.0. The van der Waals surface area contributed by atoms with Gasteiger partial charge in [-0.05, 0) is 129 Å². The summed E-state index contributed by atoms with van der Waals surface area (Å²) in [4.78, 5) is 152. The number of aliphatic hydroxyl groups is 1. The highest BCUT2D eigenvalue weighted by molar-refractivity contribution is 6.00. The largest absolute Gasteiger partial charge is 0.390 e.